The van der Waals surface area contributed by atoms with Gasteiger partial charge in [-0.05, 0) is 30.0 Å². The van der Waals surface area contributed by atoms with Crippen LogP contribution in [0.3, 0.4) is 0 Å². The highest BCUT2D eigenvalue weighted by Gasteiger charge is 2.38. The van der Waals surface area contributed by atoms with Gasteiger partial charge in [-0.3, -0.25) is 0 Å². The Bertz CT molecular complexity index is 495. The van der Waals surface area contributed by atoms with Gasteiger partial charge in [0.1, 0.15) is 0 Å². The quantitative estimate of drug-likeness (QED) is 0.845. The molecule has 1 aliphatic carbocycles. The summed E-state index contributed by atoms with van der Waals surface area (Å²) in [5, 5.41) is 3.29. The molecule has 2 aliphatic rings. The highest BCUT2D eigenvalue weighted by molar-refractivity contribution is 5.69. The fourth-order valence-electron chi connectivity index (χ4n) is 2.84. The minimum Gasteiger partial charge on any atom is -0.315 e. The first kappa shape index (κ1) is 11.8. The van der Waals surface area contributed by atoms with Crippen LogP contribution in [-0.2, 0) is 5.92 Å². The van der Waals surface area contributed by atoms with Crippen LogP contribution in [-0.4, -0.2) is 13.1 Å². The van der Waals surface area contributed by atoms with Crippen LogP contribution in [0.2, 0.25) is 0 Å². The van der Waals surface area contributed by atoms with E-state index in [-0.39, 0.29) is 5.56 Å². The molecule has 0 amide bonds. The van der Waals surface area contributed by atoms with E-state index < -0.39 is 5.92 Å². The zero-order valence-electron chi connectivity index (χ0n) is 10.5. The van der Waals surface area contributed by atoms with Gasteiger partial charge in [-0.15, -0.1) is 0 Å². The van der Waals surface area contributed by atoms with Crippen molar-refractivity contribution < 1.29 is 8.78 Å². The molecule has 0 atom stereocenters. The van der Waals surface area contributed by atoms with Gasteiger partial charge in [-0.25, -0.2) is 8.78 Å². The van der Waals surface area contributed by atoms with E-state index in [0.29, 0.717) is 5.41 Å². The second-order valence-electron chi connectivity index (χ2n) is 5.60. The van der Waals surface area contributed by atoms with Gasteiger partial charge in [0.25, 0.3) is 5.92 Å². The number of hydrogen-bond donors (Lipinski definition) is 1. The van der Waals surface area contributed by atoms with Crippen molar-refractivity contribution >= 4 is 5.57 Å². The number of halogens is 2. The molecule has 1 nitrogen and oxygen atoms in total. The molecule has 0 unspecified atom stereocenters. The molecule has 0 radical (unpaired) electrons. The molecule has 1 spiro atoms. The van der Waals surface area contributed by atoms with Gasteiger partial charge >= 0.3 is 0 Å². The van der Waals surface area contributed by atoms with E-state index in [4.69, 9.17) is 0 Å². The van der Waals surface area contributed by atoms with E-state index >= 15 is 0 Å². The van der Waals surface area contributed by atoms with Crippen LogP contribution in [0.4, 0.5) is 8.78 Å². The lowest BCUT2D eigenvalue weighted by Gasteiger charge is -2.37. The summed E-state index contributed by atoms with van der Waals surface area (Å²) in [6.07, 6.45) is 4.43. The number of nitrogens with one attached hydrogen (secondary N) is 1. The van der Waals surface area contributed by atoms with Crippen molar-refractivity contribution in [3.8, 4) is 0 Å². The zero-order valence-corrected chi connectivity index (χ0v) is 10.5. The van der Waals surface area contributed by atoms with Crippen molar-refractivity contribution in [2.45, 2.75) is 25.7 Å². The summed E-state index contributed by atoms with van der Waals surface area (Å²) < 4.78 is 26.6. The highest BCUT2D eigenvalue weighted by atomic mass is 19.3. The Hall–Kier alpha value is -1.22. The second-order valence-corrected chi connectivity index (χ2v) is 5.60. The molecule has 1 heterocycles. The van der Waals surface area contributed by atoms with Crippen molar-refractivity contribution in [1.82, 2.24) is 5.32 Å². The van der Waals surface area contributed by atoms with Crippen molar-refractivity contribution in [2.75, 3.05) is 13.1 Å². The summed E-state index contributed by atoms with van der Waals surface area (Å²) in [7, 11) is 0. The third-order valence-corrected chi connectivity index (χ3v) is 4.07. The van der Waals surface area contributed by atoms with Gasteiger partial charge in [0.15, 0.2) is 0 Å². The van der Waals surface area contributed by atoms with E-state index in [2.05, 4.69) is 11.4 Å². The maximum Gasteiger partial charge on any atom is 0.270 e. The lowest BCUT2D eigenvalue weighted by Crippen LogP contribution is -2.50. The second kappa shape index (κ2) is 3.89. The van der Waals surface area contributed by atoms with Crippen LogP contribution in [0, 0.1) is 5.41 Å². The summed E-state index contributed by atoms with van der Waals surface area (Å²) in [4.78, 5) is 0. The van der Waals surface area contributed by atoms with Crippen LogP contribution >= 0.6 is 0 Å². The predicted molar refractivity (Wildman–Crippen MR) is 68.5 cm³/mol. The smallest absolute Gasteiger partial charge is 0.270 e. The zero-order chi connectivity index (χ0) is 12.8. The predicted octanol–water partition coefficient (Wildman–Crippen LogP) is 3.57. The first-order chi connectivity index (χ1) is 8.49. The molecular weight excluding hydrogens is 232 g/mol. The number of allylic oxidation sites excluding steroid dienone is 1. The lowest BCUT2D eigenvalue weighted by molar-refractivity contribution is 0.0174. The molecule has 96 valence electrons. The summed E-state index contributed by atoms with van der Waals surface area (Å²) in [5.74, 6) is -2.76. The molecule has 1 aromatic carbocycles. The van der Waals surface area contributed by atoms with Gasteiger partial charge in [-0.2, -0.15) is 0 Å². The first-order valence-electron chi connectivity index (χ1n) is 6.40. The molecule has 1 aromatic rings. The fourth-order valence-corrected chi connectivity index (χ4v) is 2.84. The minimum atomic E-state index is -2.76. The van der Waals surface area contributed by atoms with Gasteiger partial charge in [0.2, 0.25) is 0 Å². The number of hydrogen-bond acceptors (Lipinski definition) is 1. The van der Waals surface area contributed by atoms with E-state index in [0.717, 1.165) is 38.4 Å². The molecule has 0 aromatic heterocycles. The molecule has 1 aliphatic heterocycles. The largest absolute Gasteiger partial charge is 0.315 e. The molecule has 1 fully saturated rings. The third-order valence-electron chi connectivity index (χ3n) is 4.07. The summed E-state index contributed by atoms with van der Waals surface area (Å²) >= 11 is 0. The average Bonchev–Trinajstić information content (AvgIpc) is 2.73. The summed E-state index contributed by atoms with van der Waals surface area (Å²) in [6.45, 7) is 3.01. The molecule has 1 N–H and O–H groups in total. The van der Waals surface area contributed by atoms with E-state index in [1.54, 1.807) is 12.1 Å². The Kier molecular flexibility index (Phi) is 2.56. The SMILES string of the molecule is CC(F)(F)c1cccc(C2=CC3(CC2)CNC3)c1. The van der Waals surface area contributed by atoms with Crippen LogP contribution in [0.1, 0.15) is 30.9 Å². The van der Waals surface area contributed by atoms with Crippen molar-refractivity contribution in [2.24, 2.45) is 5.41 Å². The third kappa shape index (κ3) is 1.97. The molecule has 3 heteroatoms. The van der Waals surface area contributed by atoms with Crippen molar-refractivity contribution in [3.63, 3.8) is 0 Å². The molecule has 3 rings (SSSR count). The Morgan fingerprint density at radius 1 is 1.28 bits per heavy atom. The van der Waals surface area contributed by atoms with E-state index in [1.165, 1.54) is 11.6 Å². The van der Waals surface area contributed by atoms with Crippen LogP contribution in [0.5, 0.6) is 0 Å². The molecule has 1 saturated heterocycles. The maximum atomic E-state index is 13.3. The summed E-state index contributed by atoms with van der Waals surface area (Å²) in [6, 6.07) is 6.80. The number of benzene rings is 1. The van der Waals surface area contributed by atoms with E-state index in [1.807, 2.05) is 6.07 Å². The molecule has 18 heavy (non-hydrogen) atoms. The molecule has 0 bridgehead atoms. The normalized spacial score (nSPS) is 21.8. The van der Waals surface area contributed by atoms with E-state index in [9.17, 15) is 8.78 Å². The van der Waals surface area contributed by atoms with Crippen molar-refractivity contribution in [3.05, 3.63) is 41.5 Å². The maximum absolute atomic E-state index is 13.3. The topological polar surface area (TPSA) is 12.0 Å². The minimum absolute atomic E-state index is 0.105. The van der Waals surface area contributed by atoms with Gasteiger partial charge in [0.05, 0.1) is 0 Å². The first-order valence-corrected chi connectivity index (χ1v) is 6.40. The fraction of sp³-hybridized carbons (Fsp3) is 0.467. The monoisotopic (exact) mass is 249 g/mol. The highest BCUT2D eigenvalue weighted by Crippen LogP contribution is 2.43. The standard InChI is InChI=1S/C15H17F2N/c1-14(16,17)13-4-2-3-11(7-13)12-5-6-15(8-12)9-18-10-15/h2-4,7-8,18H,5-6,9-10H2,1H3. The number of rotatable bonds is 2. The average molecular weight is 249 g/mol. The van der Waals surface area contributed by atoms with Gasteiger partial charge in [-0.1, -0.05) is 24.3 Å². The summed E-state index contributed by atoms with van der Waals surface area (Å²) in [5.41, 5.74) is 2.59. The Labute approximate surface area is 106 Å². The Morgan fingerprint density at radius 3 is 2.61 bits per heavy atom. The van der Waals surface area contributed by atoms with Crippen molar-refractivity contribution in [1.29, 1.82) is 0 Å². The van der Waals surface area contributed by atoms with Crippen LogP contribution < -0.4 is 5.32 Å². The molecular formula is C15H17F2N. The molecule has 0 saturated carbocycles. The van der Waals surface area contributed by atoms with Crippen LogP contribution in [0.15, 0.2) is 30.3 Å². The van der Waals surface area contributed by atoms with Crippen LogP contribution in [0.25, 0.3) is 5.57 Å². The Morgan fingerprint density at radius 2 is 2.06 bits per heavy atom. The number of alkyl halides is 2. The van der Waals surface area contributed by atoms with Gasteiger partial charge < -0.3 is 5.32 Å². The lowest BCUT2D eigenvalue weighted by atomic mass is 9.82. The Balaban J connectivity index is 1.91. The van der Waals surface area contributed by atoms with Gasteiger partial charge in [0, 0.05) is 31.0 Å².